The zero-order valence-corrected chi connectivity index (χ0v) is 20.0. The predicted molar refractivity (Wildman–Crippen MR) is 128 cm³/mol. The number of halogens is 2. The highest BCUT2D eigenvalue weighted by Crippen LogP contribution is 2.36. The number of carbonyl (C=O) groups is 2. The van der Waals surface area contributed by atoms with Crippen LogP contribution in [0, 0.1) is 0 Å². The fourth-order valence-electron chi connectivity index (χ4n) is 3.79. The zero-order chi connectivity index (χ0) is 23.5. The largest absolute Gasteiger partial charge is 0.481 e. The Bertz CT molecular complexity index is 1180. The van der Waals surface area contributed by atoms with Gasteiger partial charge in [0.15, 0.2) is 0 Å². The van der Waals surface area contributed by atoms with Crippen LogP contribution in [0.2, 0.25) is 5.02 Å². The van der Waals surface area contributed by atoms with Crippen LogP contribution >= 0.6 is 27.5 Å². The molecule has 1 N–H and O–H groups in total. The third-order valence-corrected chi connectivity index (χ3v) is 6.18. The molecule has 3 aromatic rings. The van der Waals surface area contributed by atoms with Crippen molar-refractivity contribution in [3.63, 3.8) is 0 Å². The first kappa shape index (κ1) is 23.1. The lowest BCUT2D eigenvalue weighted by molar-refractivity contribution is -0.136. The van der Waals surface area contributed by atoms with Gasteiger partial charge in [-0.3, -0.25) is 9.69 Å². The summed E-state index contributed by atoms with van der Waals surface area (Å²) in [5.41, 5.74) is 2.30. The van der Waals surface area contributed by atoms with Gasteiger partial charge in [-0.2, -0.15) is 0 Å². The van der Waals surface area contributed by atoms with Crippen molar-refractivity contribution in [2.75, 3.05) is 0 Å². The highest BCUT2D eigenvalue weighted by molar-refractivity contribution is 9.10. The molecular weight excluding hydrogens is 510 g/mol. The van der Waals surface area contributed by atoms with Gasteiger partial charge < -0.3 is 14.6 Å². The van der Waals surface area contributed by atoms with Crippen LogP contribution < -0.4 is 4.74 Å². The number of rotatable bonds is 7. The SMILES string of the molecule is CC1C(c2ccc(Cl)cc2)OC(=O)N1Cc1cc(Br)ccc1Oc1cccc(CC(=O)O)c1. The summed E-state index contributed by atoms with van der Waals surface area (Å²) in [4.78, 5) is 25.4. The van der Waals surface area contributed by atoms with Gasteiger partial charge in [-0.15, -0.1) is 0 Å². The van der Waals surface area contributed by atoms with E-state index < -0.39 is 18.2 Å². The Morgan fingerprint density at radius 2 is 1.91 bits per heavy atom. The quantitative estimate of drug-likeness (QED) is 0.372. The number of cyclic esters (lactones) is 1. The standard InChI is InChI=1S/C25H21BrClNO5/c1-15-24(17-5-8-20(27)9-6-17)33-25(31)28(15)14-18-13-19(26)7-10-22(18)32-21-4-2-3-16(11-21)12-23(29)30/h2-11,13,15,24H,12,14H2,1H3,(H,29,30). The second-order valence-corrected chi connectivity index (χ2v) is 9.15. The third kappa shape index (κ3) is 5.49. The second-order valence-electron chi connectivity index (χ2n) is 7.80. The minimum Gasteiger partial charge on any atom is -0.481 e. The van der Waals surface area contributed by atoms with Crippen molar-refractivity contribution in [2.45, 2.75) is 32.0 Å². The predicted octanol–water partition coefficient (Wildman–Crippen LogP) is 6.60. The van der Waals surface area contributed by atoms with Crippen LogP contribution in [-0.2, 0) is 22.5 Å². The van der Waals surface area contributed by atoms with Crippen molar-refractivity contribution in [2.24, 2.45) is 0 Å². The average Bonchev–Trinajstić information content (AvgIpc) is 3.04. The molecule has 6 nitrogen and oxygen atoms in total. The molecule has 0 aliphatic carbocycles. The summed E-state index contributed by atoms with van der Waals surface area (Å²) in [6, 6.07) is 19.6. The van der Waals surface area contributed by atoms with Gasteiger partial charge in [-0.1, -0.05) is 51.8 Å². The molecule has 3 aromatic carbocycles. The van der Waals surface area contributed by atoms with E-state index in [1.54, 1.807) is 41.3 Å². The van der Waals surface area contributed by atoms with Crippen molar-refractivity contribution in [1.82, 2.24) is 4.90 Å². The molecule has 0 bridgehead atoms. The van der Waals surface area contributed by atoms with Crippen LogP contribution in [-0.4, -0.2) is 28.1 Å². The average molecular weight is 531 g/mol. The number of carboxylic acids is 1. The van der Waals surface area contributed by atoms with E-state index in [-0.39, 0.29) is 19.0 Å². The van der Waals surface area contributed by atoms with E-state index in [0.717, 1.165) is 15.6 Å². The lowest BCUT2D eigenvalue weighted by Gasteiger charge is -2.22. The summed E-state index contributed by atoms with van der Waals surface area (Å²) < 4.78 is 12.6. The molecule has 2 unspecified atom stereocenters. The lowest BCUT2D eigenvalue weighted by Crippen LogP contribution is -2.31. The van der Waals surface area contributed by atoms with Crippen LogP contribution in [0.5, 0.6) is 11.5 Å². The molecule has 8 heteroatoms. The molecule has 1 amide bonds. The van der Waals surface area contributed by atoms with E-state index >= 15 is 0 Å². The molecule has 1 heterocycles. The summed E-state index contributed by atoms with van der Waals surface area (Å²) in [5.74, 6) is 0.183. The molecule has 2 atom stereocenters. The van der Waals surface area contributed by atoms with Gasteiger partial charge in [0.05, 0.1) is 19.0 Å². The number of carboxylic acid groups (broad SMARTS) is 1. The number of carbonyl (C=O) groups excluding carboxylic acids is 1. The first-order valence-corrected chi connectivity index (χ1v) is 11.5. The molecule has 0 aromatic heterocycles. The minimum absolute atomic E-state index is 0.0897. The third-order valence-electron chi connectivity index (χ3n) is 5.44. The highest BCUT2D eigenvalue weighted by atomic mass is 79.9. The fourth-order valence-corrected chi connectivity index (χ4v) is 4.32. The smallest absolute Gasteiger partial charge is 0.411 e. The Kier molecular flexibility index (Phi) is 6.91. The molecule has 1 fully saturated rings. The number of aliphatic carboxylic acids is 1. The monoisotopic (exact) mass is 529 g/mol. The van der Waals surface area contributed by atoms with E-state index in [9.17, 15) is 9.59 Å². The van der Waals surface area contributed by atoms with Crippen molar-refractivity contribution < 1.29 is 24.2 Å². The molecule has 33 heavy (non-hydrogen) atoms. The van der Waals surface area contributed by atoms with Crippen molar-refractivity contribution in [3.05, 3.63) is 92.9 Å². The Hall–Kier alpha value is -3.03. The van der Waals surface area contributed by atoms with E-state index in [2.05, 4.69) is 15.9 Å². The number of hydrogen-bond donors (Lipinski definition) is 1. The van der Waals surface area contributed by atoms with Crippen LogP contribution in [0.25, 0.3) is 0 Å². The van der Waals surface area contributed by atoms with Gasteiger partial charge in [-0.25, -0.2) is 4.79 Å². The van der Waals surface area contributed by atoms with Gasteiger partial charge in [0.2, 0.25) is 0 Å². The number of benzene rings is 3. The first-order valence-electron chi connectivity index (χ1n) is 10.3. The summed E-state index contributed by atoms with van der Waals surface area (Å²) in [6.07, 6.45) is -0.899. The number of hydrogen-bond acceptors (Lipinski definition) is 4. The molecule has 0 saturated carbocycles. The second kappa shape index (κ2) is 9.85. The molecule has 1 aliphatic heterocycles. The van der Waals surface area contributed by atoms with E-state index in [1.165, 1.54) is 0 Å². The Morgan fingerprint density at radius 3 is 2.64 bits per heavy atom. The van der Waals surface area contributed by atoms with Crippen molar-refractivity contribution in [3.8, 4) is 11.5 Å². The normalized spacial score (nSPS) is 17.7. The van der Waals surface area contributed by atoms with Gasteiger partial charge in [0, 0.05) is 15.1 Å². The van der Waals surface area contributed by atoms with Crippen LogP contribution in [0.1, 0.15) is 29.7 Å². The van der Waals surface area contributed by atoms with E-state index in [4.69, 9.17) is 26.2 Å². The number of amides is 1. The van der Waals surface area contributed by atoms with Crippen LogP contribution in [0.15, 0.2) is 71.2 Å². The Balaban J connectivity index is 1.56. The lowest BCUT2D eigenvalue weighted by atomic mass is 10.0. The Labute approximate surface area is 204 Å². The van der Waals surface area contributed by atoms with E-state index in [0.29, 0.717) is 22.1 Å². The maximum absolute atomic E-state index is 12.7. The van der Waals surface area contributed by atoms with Gasteiger partial charge in [0.1, 0.15) is 17.6 Å². The minimum atomic E-state index is -0.909. The fraction of sp³-hybridized carbons (Fsp3) is 0.200. The van der Waals surface area contributed by atoms with Gasteiger partial charge >= 0.3 is 12.1 Å². The zero-order valence-electron chi connectivity index (χ0n) is 17.7. The first-order chi connectivity index (χ1) is 15.8. The molecule has 1 aliphatic rings. The van der Waals surface area contributed by atoms with Gasteiger partial charge in [0.25, 0.3) is 0 Å². The Morgan fingerprint density at radius 1 is 1.15 bits per heavy atom. The number of ether oxygens (including phenoxy) is 2. The maximum Gasteiger partial charge on any atom is 0.411 e. The molecule has 1 saturated heterocycles. The molecule has 170 valence electrons. The highest BCUT2D eigenvalue weighted by Gasteiger charge is 2.40. The van der Waals surface area contributed by atoms with Gasteiger partial charge in [-0.05, 0) is 60.5 Å². The van der Waals surface area contributed by atoms with Crippen LogP contribution in [0.3, 0.4) is 0 Å². The summed E-state index contributed by atoms with van der Waals surface area (Å²) >= 11 is 9.47. The van der Waals surface area contributed by atoms with Crippen molar-refractivity contribution in [1.29, 1.82) is 0 Å². The molecule has 0 radical (unpaired) electrons. The maximum atomic E-state index is 12.7. The van der Waals surface area contributed by atoms with E-state index in [1.807, 2.05) is 37.3 Å². The molecule has 0 spiro atoms. The van der Waals surface area contributed by atoms with Crippen LogP contribution in [0.4, 0.5) is 4.79 Å². The summed E-state index contributed by atoms with van der Waals surface area (Å²) in [5, 5.41) is 9.67. The molecular formula is C25H21BrClNO5. The molecule has 4 rings (SSSR count). The topological polar surface area (TPSA) is 76.1 Å². The number of nitrogens with zero attached hydrogens (tertiary/aromatic N) is 1. The summed E-state index contributed by atoms with van der Waals surface area (Å²) in [7, 11) is 0. The van der Waals surface area contributed by atoms with Crippen molar-refractivity contribution >= 4 is 39.6 Å². The summed E-state index contributed by atoms with van der Waals surface area (Å²) in [6.45, 7) is 2.23.